The summed E-state index contributed by atoms with van der Waals surface area (Å²) in [5.74, 6) is 0.691. The van der Waals surface area contributed by atoms with Gasteiger partial charge < -0.3 is 14.8 Å². The number of rotatable bonds is 7. The van der Waals surface area contributed by atoms with Gasteiger partial charge in [-0.05, 0) is 55.8 Å². The number of anilines is 1. The van der Waals surface area contributed by atoms with E-state index >= 15 is 0 Å². The summed E-state index contributed by atoms with van der Waals surface area (Å²) in [6.07, 6.45) is 1.76. The molecule has 0 bridgehead atoms. The van der Waals surface area contributed by atoms with E-state index in [9.17, 15) is 9.59 Å². The van der Waals surface area contributed by atoms with Crippen LogP contribution in [-0.2, 0) is 11.4 Å². The van der Waals surface area contributed by atoms with Gasteiger partial charge in [-0.1, -0.05) is 17.7 Å². The number of amides is 1. The largest absolute Gasteiger partial charge is 0.485 e. The summed E-state index contributed by atoms with van der Waals surface area (Å²) in [4.78, 5) is 30.8. The number of carbonyl (C=O) groups excluding carboxylic acids is 1. The van der Waals surface area contributed by atoms with E-state index in [1.807, 2.05) is 26.0 Å². The summed E-state index contributed by atoms with van der Waals surface area (Å²) in [6.45, 7) is 3.78. The second-order valence-corrected chi connectivity index (χ2v) is 8.81. The molecule has 0 fully saturated rings. The highest BCUT2D eigenvalue weighted by molar-refractivity contribution is 7.16. The fourth-order valence-corrected chi connectivity index (χ4v) is 3.98. The topological polar surface area (TPSA) is 81.9 Å². The normalized spacial score (nSPS) is 10.8. The van der Waals surface area contributed by atoms with E-state index in [1.54, 1.807) is 36.5 Å². The average molecular weight is 470 g/mol. The fourth-order valence-electron chi connectivity index (χ4n) is 3.00. The first-order chi connectivity index (χ1) is 15.4. The van der Waals surface area contributed by atoms with Crippen LogP contribution >= 0.6 is 22.9 Å². The number of hydrogen-bond donors (Lipinski definition) is 1. The van der Waals surface area contributed by atoms with Crippen molar-refractivity contribution in [3.8, 4) is 11.5 Å². The first kappa shape index (κ1) is 21.9. The third-order valence-corrected chi connectivity index (χ3v) is 5.66. The van der Waals surface area contributed by atoms with Crippen LogP contribution in [0.25, 0.3) is 4.96 Å². The maximum atomic E-state index is 12.4. The van der Waals surface area contributed by atoms with Crippen LogP contribution in [0.1, 0.15) is 16.1 Å². The molecule has 0 aliphatic carbocycles. The molecule has 164 valence electrons. The Morgan fingerprint density at radius 3 is 2.69 bits per heavy atom. The molecule has 32 heavy (non-hydrogen) atoms. The van der Waals surface area contributed by atoms with Gasteiger partial charge in [-0.25, -0.2) is 4.98 Å². The van der Waals surface area contributed by atoms with Gasteiger partial charge in [0.05, 0.1) is 11.4 Å². The van der Waals surface area contributed by atoms with Crippen LogP contribution in [0.2, 0.25) is 5.02 Å². The lowest BCUT2D eigenvalue weighted by Crippen LogP contribution is -2.20. The number of carbonyl (C=O) groups is 1. The lowest BCUT2D eigenvalue weighted by atomic mass is 10.2. The molecule has 0 atom stereocenters. The number of benzene rings is 2. The highest BCUT2D eigenvalue weighted by atomic mass is 35.5. The van der Waals surface area contributed by atoms with E-state index in [0.29, 0.717) is 32.9 Å². The SMILES string of the molecule is Cc1ccc(NC(=O)COc2ccc(Cl)cc2)c(OCc2cc(=O)n3cc(C)sc3n2)c1. The summed E-state index contributed by atoms with van der Waals surface area (Å²) >= 11 is 7.29. The average Bonchev–Trinajstić information content (AvgIpc) is 3.14. The smallest absolute Gasteiger partial charge is 0.262 e. The Balaban J connectivity index is 1.44. The van der Waals surface area contributed by atoms with Crippen LogP contribution in [0.15, 0.2) is 59.5 Å². The van der Waals surface area contributed by atoms with Crippen LogP contribution in [0.4, 0.5) is 5.69 Å². The molecule has 1 amide bonds. The zero-order valence-electron chi connectivity index (χ0n) is 17.4. The molecule has 4 aromatic rings. The lowest BCUT2D eigenvalue weighted by molar-refractivity contribution is -0.118. The molecule has 7 nitrogen and oxygen atoms in total. The van der Waals surface area contributed by atoms with Gasteiger partial charge in [0.25, 0.3) is 11.5 Å². The van der Waals surface area contributed by atoms with E-state index in [0.717, 1.165) is 10.4 Å². The van der Waals surface area contributed by atoms with Crippen molar-refractivity contribution < 1.29 is 14.3 Å². The number of nitrogens with one attached hydrogen (secondary N) is 1. The minimum atomic E-state index is -0.333. The molecule has 0 spiro atoms. The number of aryl methyl sites for hydroxylation is 2. The van der Waals surface area contributed by atoms with Crippen molar-refractivity contribution in [3.63, 3.8) is 0 Å². The maximum absolute atomic E-state index is 12.4. The minimum Gasteiger partial charge on any atom is -0.485 e. The molecule has 2 heterocycles. The van der Waals surface area contributed by atoms with Gasteiger partial charge in [-0.3, -0.25) is 14.0 Å². The lowest BCUT2D eigenvalue weighted by Gasteiger charge is -2.14. The van der Waals surface area contributed by atoms with Gasteiger partial charge in [0, 0.05) is 22.2 Å². The third kappa shape index (κ3) is 5.27. The number of halogens is 1. The molecule has 2 aromatic heterocycles. The highest BCUT2D eigenvalue weighted by Gasteiger charge is 2.11. The Hall–Kier alpha value is -3.36. The molecular formula is C23H20ClN3O4S. The maximum Gasteiger partial charge on any atom is 0.262 e. The van der Waals surface area contributed by atoms with Gasteiger partial charge in [-0.15, -0.1) is 11.3 Å². The molecular weight excluding hydrogens is 450 g/mol. The van der Waals surface area contributed by atoms with Gasteiger partial charge in [0.2, 0.25) is 0 Å². The second kappa shape index (κ2) is 9.42. The van der Waals surface area contributed by atoms with Crippen molar-refractivity contribution in [1.82, 2.24) is 9.38 Å². The molecule has 0 unspecified atom stereocenters. The Labute approximate surface area is 193 Å². The van der Waals surface area contributed by atoms with E-state index in [1.165, 1.54) is 21.8 Å². The van der Waals surface area contributed by atoms with Crippen molar-refractivity contribution >= 4 is 39.5 Å². The summed E-state index contributed by atoms with van der Waals surface area (Å²) in [5.41, 5.74) is 1.83. The molecule has 0 saturated carbocycles. The predicted molar refractivity (Wildman–Crippen MR) is 125 cm³/mol. The third-order valence-electron chi connectivity index (χ3n) is 4.51. The molecule has 0 radical (unpaired) electrons. The van der Waals surface area contributed by atoms with Gasteiger partial charge in [-0.2, -0.15) is 0 Å². The van der Waals surface area contributed by atoms with Gasteiger partial charge in [0.15, 0.2) is 11.6 Å². The fraction of sp³-hybridized carbons (Fsp3) is 0.174. The zero-order valence-corrected chi connectivity index (χ0v) is 19.0. The summed E-state index contributed by atoms with van der Waals surface area (Å²) in [7, 11) is 0. The Kier molecular flexibility index (Phi) is 6.43. The van der Waals surface area contributed by atoms with Crippen molar-refractivity contribution in [2.24, 2.45) is 0 Å². The molecule has 0 aliphatic heterocycles. The number of hydrogen-bond acceptors (Lipinski definition) is 6. The number of fused-ring (bicyclic) bond motifs is 1. The Morgan fingerprint density at radius 2 is 1.91 bits per heavy atom. The second-order valence-electron chi connectivity index (χ2n) is 7.16. The first-order valence-electron chi connectivity index (χ1n) is 9.78. The van der Waals surface area contributed by atoms with E-state index in [4.69, 9.17) is 21.1 Å². The van der Waals surface area contributed by atoms with Crippen LogP contribution in [0.3, 0.4) is 0 Å². The molecule has 9 heteroatoms. The standard InChI is InChI=1S/C23H20ClN3O4S/c1-14-3-8-19(26-21(28)13-30-18-6-4-16(24)5-7-18)20(9-14)31-12-17-10-22(29)27-11-15(2)32-23(27)25-17/h3-11H,12-13H2,1-2H3,(H,26,28). The molecule has 0 saturated heterocycles. The number of nitrogens with zero attached hydrogens (tertiary/aromatic N) is 2. The van der Waals surface area contributed by atoms with E-state index < -0.39 is 0 Å². The first-order valence-corrected chi connectivity index (χ1v) is 11.0. The minimum absolute atomic E-state index is 0.0935. The van der Waals surface area contributed by atoms with Gasteiger partial charge >= 0.3 is 0 Å². The number of ether oxygens (including phenoxy) is 2. The summed E-state index contributed by atoms with van der Waals surface area (Å²) in [5, 5.41) is 3.39. The Morgan fingerprint density at radius 1 is 1.12 bits per heavy atom. The summed E-state index contributed by atoms with van der Waals surface area (Å²) in [6, 6.07) is 13.7. The highest BCUT2D eigenvalue weighted by Crippen LogP contribution is 2.27. The molecule has 0 aliphatic rings. The number of aromatic nitrogens is 2. The van der Waals surface area contributed by atoms with Crippen molar-refractivity contribution in [2.45, 2.75) is 20.5 Å². The van der Waals surface area contributed by atoms with Crippen LogP contribution in [0.5, 0.6) is 11.5 Å². The predicted octanol–water partition coefficient (Wildman–Crippen LogP) is 4.62. The number of thiazole rings is 1. The zero-order chi connectivity index (χ0) is 22.7. The van der Waals surface area contributed by atoms with Crippen molar-refractivity contribution in [2.75, 3.05) is 11.9 Å². The van der Waals surface area contributed by atoms with Crippen LogP contribution in [-0.4, -0.2) is 21.9 Å². The van der Waals surface area contributed by atoms with Crippen LogP contribution in [0, 0.1) is 13.8 Å². The molecule has 1 N–H and O–H groups in total. The van der Waals surface area contributed by atoms with Crippen molar-refractivity contribution in [3.05, 3.63) is 86.2 Å². The monoisotopic (exact) mass is 469 g/mol. The van der Waals surface area contributed by atoms with Gasteiger partial charge in [0.1, 0.15) is 18.1 Å². The molecule has 2 aromatic carbocycles. The summed E-state index contributed by atoms with van der Waals surface area (Å²) < 4.78 is 12.9. The molecule has 4 rings (SSSR count). The van der Waals surface area contributed by atoms with Crippen molar-refractivity contribution in [1.29, 1.82) is 0 Å². The van der Waals surface area contributed by atoms with Crippen LogP contribution < -0.4 is 20.3 Å². The van der Waals surface area contributed by atoms with E-state index in [-0.39, 0.29) is 24.7 Å². The quantitative estimate of drug-likeness (QED) is 0.427. The van der Waals surface area contributed by atoms with E-state index in [2.05, 4.69) is 10.3 Å². The Bertz CT molecular complexity index is 1330.